The fourth-order valence-corrected chi connectivity index (χ4v) is 2.49. The first-order valence-electron chi connectivity index (χ1n) is 7.69. The number of carbonyl (C=O) groups is 1. The second-order valence-electron chi connectivity index (χ2n) is 5.40. The van der Waals surface area contributed by atoms with E-state index in [1.54, 1.807) is 24.3 Å². The van der Waals surface area contributed by atoms with E-state index in [0.717, 1.165) is 17.0 Å². The van der Waals surface area contributed by atoms with Gasteiger partial charge in [0.25, 0.3) is 5.91 Å². The first-order valence-corrected chi connectivity index (χ1v) is 8.07. The van der Waals surface area contributed by atoms with Gasteiger partial charge in [-0.3, -0.25) is 4.79 Å². The summed E-state index contributed by atoms with van der Waals surface area (Å²) >= 11 is 5.82. The van der Waals surface area contributed by atoms with Crippen molar-refractivity contribution in [1.29, 1.82) is 0 Å². The summed E-state index contributed by atoms with van der Waals surface area (Å²) in [6.07, 6.45) is 0.613. The highest BCUT2D eigenvalue weighted by molar-refractivity contribution is 6.30. The molecule has 24 heavy (non-hydrogen) atoms. The second kappa shape index (κ2) is 7.32. The molecular weight excluding hydrogens is 324 g/mol. The van der Waals surface area contributed by atoms with Crippen molar-refractivity contribution >= 4 is 17.5 Å². The largest absolute Gasteiger partial charge is 0.441 e. The first kappa shape index (κ1) is 16.3. The number of benzene rings is 2. The van der Waals surface area contributed by atoms with Crippen LogP contribution in [0.25, 0.3) is 11.5 Å². The number of nitrogens with one attached hydrogen (secondary N) is 1. The van der Waals surface area contributed by atoms with Crippen molar-refractivity contribution in [3.63, 3.8) is 0 Å². The minimum absolute atomic E-state index is 0.129. The van der Waals surface area contributed by atoms with Crippen molar-refractivity contribution in [2.75, 3.05) is 6.54 Å². The fourth-order valence-electron chi connectivity index (χ4n) is 2.36. The minimum Gasteiger partial charge on any atom is -0.441 e. The smallest absolute Gasteiger partial charge is 0.251 e. The van der Waals surface area contributed by atoms with Crippen LogP contribution in [0.5, 0.6) is 0 Å². The minimum atomic E-state index is -0.129. The molecule has 0 unspecified atom stereocenters. The fraction of sp³-hybridized carbons (Fsp3) is 0.158. The molecule has 0 atom stereocenters. The van der Waals surface area contributed by atoms with Gasteiger partial charge in [0.05, 0.1) is 5.69 Å². The second-order valence-corrected chi connectivity index (χ2v) is 5.84. The van der Waals surface area contributed by atoms with Gasteiger partial charge in [0, 0.05) is 29.1 Å². The van der Waals surface area contributed by atoms with Crippen LogP contribution in [0.1, 0.15) is 21.8 Å². The zero-order valence-corrected chi connectivity index (χ0v) is 14.0. The highest BCUT2D eigenvalue weighted by atomic mass is 35.5. The molecule has 3 aromatic rings. The van der Waals surface area contributed by atoms with Gasteiger partial charge in [-0.25, -0.2) is 4.98 Å². The van der Waals surface area contributed by atoms with E-state index in [4.69, 9.17) is 16.0 Å². The molecule has 0 bridgehead atoms. The topological polar surface area (TPSA) is 55.1 Å². The van der Waals surface area contributed by atoms with E-state index < -0.39 is 0 Å². The Kier molecular flexibility index (Phi) is 4.96. The van der Waals surface area contributed by atoms with Crippen LogP contribution in [0.2, 0.25) is 5.02 Å². The predicted octanol–water partition coefficient (Wildman–Crippen LogP) is 4.28. The van der Waals surface area contributed by atoms with Crippen molar-refractivity contribution in [2.24, 2.45) is 0 Å². The van der Waals surface area contributed by atoms with Gasteiger partial charge in [-0.05, 0) is 43.3 Å². The van der Waals surface area contributed by atoms with E-state index in [-0.39, 0.29) is 5.91 Å². The van der Waals surface area contributed by atoms with Gasteiger partial charge in [0.1, 0.15) is 5.76 Å². The zero-order valence-electron chi connectivity index (χ0n) is 13.3. The summed E-state index contributed by atoms with van der Waals surface area (Å²) in [6, 6.07) is 16.6. The number of rotatable bonds is 5. The Balaban J connectivity index is 1.60. The molecule has 2 aromatic carbocycles. The average Bonchev–Trinajstić information content (AvgIpc) is 2.97. The third kappa shape index (κ3) is 3.84. The molecule has 0 saturated carbocycles. The lowest BCUT2D eigenvalue weighted by atomic mass is 10.2. The maximum atomic E-state index is 12.1. The standard InChI is InChI=1S/C19H17ClN2O2/c1-13-17(22-19(24-13)15-5-3-2-4-6-15)11-12-21-18(23)14-7-9-16(20)10-8-14/h2-10H,11-12H2,1H3,(H,21,23). The monoisotopic (exact) mass is 340 g/mol. The number of hydrogen-bond acceptors (Lipinski definition) is 3. The molecule has 3 rings (SSSR count). The average molecular weight is 341 g/mol. The zero-order chi connectivity index (χ0) is 16.9. The molecule has 0 spiro atoms. The van der Waals surface area contributed by atoms with E-state index in [9.17, 15) is 4.79 Å². The molecule has 0 saturated heterocycles. The van der Waals surface area contributed by atoms with E-state index in [1.165, 1.54) is 0 Å². The lowest BCUT2D eigenvalue weighted by Crippen LogP contribution is -2.25. The lowest BCUT2D eigenvalue weighted by Gasteiger charge is -2.04. The number of aryl methyl sites for hydroxylation is 1. The van der Waals surface area contributed by atoms with E-state index in [1.807, 2.05) is 37.3 Å². The number of hydrogen-bond donors (Lipinski definition) is 1. The third-order valence-corrected chi connectivity index (χ3v) is 3.92. The molecule has 0 aliphatic heterocycles. The summed E-state index contributed by atoms with van der Waals surface area (Å²) in [5.41, 5.74) is 2.38. The van der Waals surface area contributed by atoms with Crippen molar-refractivity contribution < 1.29 is 9.21 Å². The van der Waals surface area contributed by atoms with Gasteiger partial charge in [-0.2, -0.15) is 0 Å². The van der Waals surface area contributed by atoms with Gasteiger partial charge in [0.15, 0.2) is 0 Å². The number of nitrogens with zero attached hydrogens (tertiary/aromatic N) is 1. The molecule has 1 aromatic heterocycles. The Labute approximate surface area is 145 Å². The Hall–Kier alpha value is -2.59. The highest BCUT2D eigenvalue weighted by Crippen LogP contribution is 2.21. The number of carbonyl (C=O) groups excluding carboxylic acids is 1. The van der Waals surface area contributed by atoms with Crippen LogP contribution in [0.4, 0.5) is 0 Å². The molecule has 1 heterocycles. The predicted molar refractivity (Wildman–Crippen MR) is 94.2 cm³/mol. The van der Waals surface area contributed by atoms with E-state index >= 15 is 0 Å². The SMILES string of the molecule is Cc1oc(-c2ccccc2)nc1CCNC(=O)c1ccc(Cl)cc1. The quantitative estimate of drug-likeness (QED) is 0.754. The number of oxazole rings is 1. The number of amides is 1. The summed E-state index contributed by atoms with van der Waals surface area (Å²) in [5.74, 6) is 1.25. The summed E-state index contributed by atoms with van der Waals surface area (Å²) in [4.78, 5) is 16.6. The summed E-state index contributed by atoms with van der Waals surface area (Å²) < 4.78 is 5.72. The van der Waals surface area contributed by atoms with Crippen LogP contribution in [0, 0.1) is 6.92 Å². The maximum absolute atomic E-state index is 12.1. The Morgan fingerprint density at radius 3 is 2.54 bits per heavy atom. The molecule has 0 fully saturated rings. The third-order valence-electron chi connectivity index (χ3n) is 3.67. The van der Waals surface area contributed by atoms with Crippen molar-refractivity contribution in [1.82, 2.24) is 10.3 Å². The number of aromatic nitrogens is 1. The molecule has 1 amide bonds. The summed E-state index contributed by atoms with van der Waals surface area (Å²) in [5, 5.41) is 3.49. The van der Waals surface area contributed by atoms with Gasteiger partial charge in [-0.15, -0.1) is 0 Å². The van der Waals surface area contributed by atoms with E-state index in [2.05, 4.69) is 10.3 Å². The molecule has 0 aliphatic carbocycles. The van der Waals surface area contributed by atoms with Crippen molar-refractivity contribution in [2.45, 2.75) is 13.3 Å². The van der Waals surface area contributed by atoms with Crippen LogP contribution >= 0.6 is 11.6 Å². The Morgan fingerprint density at radius 2 is 1.83 bits per heavy atom. The highest BCUT2D eigenvalue weighted by Gasteiger charge is 2.12. The van der Waals surface area contributed by atoms with Crippen molar-refractivity contribution in [3.05, 3.63) is 76.6 Å². The molecule has 0 aliphatic rings. The van der Waals surface area contributed by atoms with Crippen molar-refractivity contribution in [3.8, 4) is 11.5 Å². The molecular formula is C19H17ClN2O2. The Morgan fingerprint density at radius 1 is 1.12 bits per heavy atom. The molecule has 1 N–H and O–H groups in total. The van der Waals surface area contributed by atoms with Crippen LogP contribution in [-0.2, 0) is 6.42 Å². The molecule has 4 nitrogen and oxygen atoms in total. The normalized spacial score (nSPS) is 10.6. The van der Waals surface area contributed by atoms with Gasteiger partial charge in [0.2, 0.25) is 5.89 Å². The van der Waals surface area contributed by atoms with Crippen LogP contribution in [0.15, 0.2) is 59.0 Å². The molecule has 5 heteroatoms. The Bertz CT molecular complexity index is 826. The van der Waals surface area contributed by atoms with Gasteiger partial charge in [-0.1, -0.05) is 29.8 Å². The lowest BCUT2D eigenvalue weighted by molar-refractivity contribution is 0.0954. The molecule has 122 valence electrons. The van der Waals surface area contributed by atoms with Crippen LogP contribution in [0.3, 0.4) is 0 Å². The van der Waals surface area contributed by atoms with Gasteiger partial charge < -0.3 is 9.73 Å². The first-order chi connectivity index (χ1) is 11.6. The number of halogens is 1. The molecule has 0 radical (unpaired) electrons. The van der Waals surface area contributed by atoms with E-state index in [0.29, 0.717) is 29.4 Å². The van der Waals surface area contributed by atoms with Crippen LogP contribution < -0.4 is 5.32 Å². The summed E-state index contributed by atoms with van der Waals surface area (Å²) in [6.45, 7) is 2.37. The van der Waals surface area contributed by atoms with Crippen LogP contribution in [-0.4, -0.2) is 17.4 Å². The summed E-state index contributed by atoms with van der Waals surface area (Å²) in [7, 11) is 0. The maximum Gasteiger partial charge on any atom is 0.251 e. The van der Waals surface area contributed by atoms with Gasteiger partial charge >= 0.3 is 0 Å².